The van der Waals surface area contributed by atoms with Crippen molar-refractivity contribution in [3.05, 3.63) is 17.7 Å². The summed E-state index contributed by atoms with van der Waals surface area (Å²) in [6.45, 7) is 3.54. The normalized spacial score (nSPS) is 14.9. The largest absolute Gasteiger partial charge is 0.450 e. The fourth-order valence-corrected chi connectivity index (χ4v) is 1.79. The van der Waals surface area contributed by atoms with Crippen LogP contribution in [0, 0.1) is 0 Å². The van der Waals surface area contributed by atoms with Crippen molar-refractivity contribution in [2.75, 3.05) is 13.2 Å². The molecule has 0 unspecified atom stereocenters. The second kappa shape index (κ2) is 3.92. The molecule has 0 spiro atoms. The average Bonchev–Trinajstić information content (AvgIpc) is 2.60. The first-order valence-electron chi connectivity index (χ1n) is 5.13. The average molecular weight is 209 g/mol. The second-order valence-electron chi connectivity index (χ2n) is 3.62. The van der Waals surface area contributed by atoms with Crippen LogP contribution in [0.4, 0.5) is 4.79 Å². The van der Waals surface area contributed by atoms with Crippen molar-refractivity contribution < 1.29 is 9.53 Å². The summed E-state index contributed by atoms with van der Waals surface area (Å²) >= 11 is 0. The van der Waals surface area contributed by atoms with E-state index in [2.05, 4.69) is 4.98 Å². The van der Waals surface area contributed by atoms with E-state index in [-0.39, 0.29) is 6.09 Å². The van der Waals surface area contributed by atoms with Crippen molar-refractivity contribution in [2.24, 2.45) is 7.05 Å². The molecule has 0 fully saturated rings. The topological polar surface area (TPSA) is 47.4 Å². The van der Waals surface area contributed by atoms with Gasteiger partial charge in [-0.3, -0.25) is 0 Å². The molecular formula is C10H15N3O2. The Morgan fingerprint density at radius 1 is 1.67 bits per heavy atom. The van der Waals surface area contributed by atoms with Crippen LogP contribution in [0.15, 0.2) is 6.33 Å². The van der Waals surface area contributed by atoms with Gasteiger partial charge >= 0.3 is 6.09 Å². The van der Waals surface area contributed by atoms with Gasteiger partial charge in [0.05, 0.1) is 30.9 Å². The number of aryl methyl sites for hydroxylation is 1. The highest BCUT2D eigenvalue weighted by atomic mass is 16.6. The van der Waals surface area contributed by atoms with Crippen LogP contribution in [0.25, 0.3) is 0 Å². The number of nitrogens with zero attached hydrogens (tertiary/aromatic N) is 3. The highest BCUT2D eigenvalue weighted by Gasteiger charge is 2.24. The number of carbonyl (C=O) groups is 1. The standard InChI is InChI=1S/C10H15N3O2/c1-3-15-10(14)13-5-4-8-9(6-13)12(2)7-11-8/h7H,3-6H2,1-2H3. The molecule has 0 atom stereocenters. The summed E-state index contributed by atoms with van der Waals surface area (Å²) in [5, 5.41) is 0. The number of hydrogen-bond acceptors (Lipinski definition) is 3. The zero-order valence-corrected chi connectivity index (χ0v) is 9.06. The molecule has 82 valence electrons. The SMILES string of the molecule is CCOC(=O)N1CCc2ncn(C)c2C1. The van der Waals surface area contributed by atoms with Crippen molar-refractivity contribution in [1.82, 2.24) is 14.5 Å². The van der Waals surface area contributed by atoms with Gasteiger partial charge in [-0.25, -0.2) is 9.78 Å². The number of fused-ring (bicyclic) bond motifs is 1. The van der Waals surface area contributed by atoms with Gasteiger partial charge in [0.15, 0.2) is 0 Å². The van der Waals surface area contributed by atoms with E-state index in [1.165, 1.54) is 0 Å². The lowest BCUT2D eigenvalue weighted by molar-refractivity contribution is 0.101. The Bertz CT molecular complexity index is 373. The molecule has 1 amide bonds. The Hall–Kier alpha value is -1.52. The summed E-state index contributed by atoms with van der Waals surface area (Å²) in [6, 6.07) is 0. The molecule has 15 heavy (non-hydrogen) atoms. The summed E-state index contributed by atoms with van der Waals surface area (Å²) in [5.74, 6) is 0. The molecule has 0 saturated carbocycles. The summed E-state index contributed by atoms with van der Waals surface area (Å²) in [6.07, 6.45) is 2.37. The number of rotatable bonds is 1. The van der Waals surface area contributed by atoms with Crippen LogP contribution in [0.1, 0.15) is 18.3 Å². The lowest BCUT2D eigenvalue weighted by Crippen LogP contribution is -2.37. The first kappa shape index (κ1) is 10.0. The molecule has 1 aromatic heterocycles. The Balaban J connectivity index is 2.11. The Morgan fingerprint density at radius 3 is 3.20 bits per heavy atom. The predicted molar refractivity (Wildman–Crippen MR) is 54.3 cm³/mol. The monoisotopic (exact) mass is 209 g/mol. The second-order valence-corrected chi connectivity index (χ2v) is 3.62. The minimum Gasteiger partial charge on any atom is -0.450 e. The maximum absolute atomic E-state index is 11.5. The summed E-state index contributed by atoms with van der Waals surface area (Å²) < 4.78 is 6.93. The Kier molecular flexibility index (Phi) is 2.62. The van der Waals surface area contributed by atoms with Crippen LogP contribution < -0.4 is 0 Å². The lowest BCUT2D eigenvalue weighted by Gasteiger charge is -2.26. The third-order valence-corrected chi connectivity index (χ3v) is 2.63. The quantitative estimate of drug-likeness (QED) is 0.691. The van der Waals surface area contributed by atoms with E-state index in [0.29, 0.717) is 19.7 Å². The fourth-order valence-electron chi connectivity index (χ4n) is 1.79. The van der Waals surface area contributed by atoms with E-state index in [4.69, 9.17) is 4.74 Å². The van der Waals surface area contributed by atoms with Gasteiger partial charge in [-0.15, -0.1) is 0 Å². The molecule has 0 saturated heterocycles. The van der Waals surface area contributed by atoms with Crippen molar-refractivity contribution >= 4 is 6.09 Å². The van der Waals surface area contributed by atoms with Gasteiger partial charge in [0, 0.05) is 20.0 Å². The van der Waals surface area contributed by atoms with E-state index in [1.807, 2.05) is 18.5 Å². The minimum atomic E-state index is -0.232. The molecule has 5 nitrogen and oxygen atoms in total. The molecule has 0 radical (unpaired) electrons. The summed E-state index contributed by atoms with van der Waals surface area (Å²) in [5.41, 5.74) is 2.20. The van der Waals surface area contributed by atoms with E-state index < -0.39 is 0 Å². The van der Waals surface area contributed by atoms with E-state index in [1.54, 1.807) is 11.2 Å². The minimum absolute atomic E-state index is 0.232. The van der Waals surface area contributed by atoms with E-state index >= 15 is 0 Å². The van der Waals surface area contributed by atoms with Crippen molar-refractivity contribution in [2.45, 2.75) is 19.9 Å². The van der Waals surface area contributed by atoms with Gasteiger partial charge in [-0.2, -0.15) is 0 Å². The number of ether oxygens (including phenoxy) is 1. The molecule has 1 aromatic rings. The van der Waals surface area contributed by atoms with Gasteiger partial charge in [-0.05, 0) is 6.92 Å². The van der Waals surface area contributed by atoms with E-state index in [0.717, 1.165) is 17.8 Å². The van der Waals surface area contributed by atoms with Crippen LogP contribution in [0.5, 0.6) is 0 Å². The molecule has 1 aliphatic heterocycles. The molecule has 0 aliphatic carbocycles. The Labute approximate surface area is 88.7 Å². The fraction of sp³-hybridized carbons (Fsp3) is 0.600. The zero-order chi connectivity index (χ0) is 10.8. The number of hydrogen-bond donors (Lipinski definition) is 0. The van der Waals surface area contributed by atoms with Gasteiger partial charge in [-0.1, -0.05) is 0 Å². The highest BCUT2D eigenvalue weighted by molar-refractivity contribution is 5.67. The van der Waals surface area contributed by atoms with E-state index in [9.17, 15) is 4.79 Å². The van der Waals surface area contributed by atoms with Crippen molar-refractivity contribution in [1.29, 1.82) is 0 Å². The smallest absolute Gasteiger partial charge is 0.410 e. The predicted octanol–water partition coefficient (Wildman–Crippen LogP) is 0.935. The molecule has 2 heterocycles. The van der Waals surface area contributed by atoms with Gasteiger partial charge < -0.3 is 14.2 Å². The van der Waals surface area contributed by atoms with Crippen LogP contribution in [0.2, 0.25) is 0 Å². The van der Waals surface area contributed by atoms with Gasteiger partial charge in [0.1, 0.15) is 0 Å². The highest BCUT2D eigenvalue weighted by Crippen LogP contribution is 2.17. The summed E-state index contributed by atoms with van der Waals surface area (Å²) in [4.78, 5) is 17.5. The number of amides is 1. The molecule has 2 rings (SSSR count). The van der Waals surface area contributed by atoms with Crippen molar-refractivity contribution in [3.8, 4) is 0 Å². The van der Waals surface area contributed by atoms with Gasteiger partial charge in [0.2, 0.25) is 0 Å². The molecule has 1 aliphatic rings. The maximum atomic E-state index is 11.5. The molecular weight excluding hydrogens is 194 g/mol. The lowest BCUT2D eigenvalue weighted by atomic mass is 10.1. The third-order valence-electron chi connectivity index (χ3n) is 2.63. The molecule has 5 heteroatoms. The first-order valence-corrected chi connectivity index (χ1v) is 5.13. The molecule has 0 bridgehead atoms. The Morgan fingerprint density at radius 2 is 2.47 bits per heavy atom. The van der Waals surface area contributed by atoms with Crippen LogP contribution in [-0.4, -0.2) is 33.7 Å². The zero-order valence-electron chi connectivity index (χ0n) is 9.06. The molecule has 0 N–H and O–H groups in total. The van der Waals surface area contributed by atoms with Gasteiger partial charge in [0.25, 0.3) is 0 Å². The van der Waals surface area contributed by atoms with Crippen LogP contribution in [-0.2, 0) is 24.8 Å². The first-order chi connectivity index (χ1) is 7.22. The van der Waals surface area contributed by atoms with Crippen LogP contribution in [0.3, 0.4) is 0 Å². The number of imidazole rings is 1. The third kappa shape index (κ3) is 1.82. The maximum Gasteiger partial charge on any atom is 0.410 e. The number of aromatic nitrogens is 2. The summed E-state index contributed by atoms with van der Waals surface area (Å²) in [7, 11) is 1.94. The van der Waals surface area contributed by atoms with Crippen molar-refractivity contribution in [3.63, 3.8) is 0 Å². The number of carbonyl (C=O) groups excluding carboxylic acids is 1. The molecule has 0 aromatic carbocycles. The van der Waals surface area contributed by atoms with Crippen LogP contribution >= 0.6 is 0 Å².